The predicted molar refractivity (Wildman–Crippen MR) is 114 cm³/mol. The number of aromatic amines is 1. The predicted octanol–water partition coefficient (Wildman–Crippen LogP) is 3.45. The van der Waals surface area contributed by atoms with Crippen LogP contribution in [0.15, 0.2) is 48.8 Å². The average Bonchev–Trinajstić information content (AvgIpc) is 3.13. The van der Waals surface area contributed by atoms with Crippen molar-refractivity contribution in [1.29, 1.82) is 0 Å². The van der Waals surface area contributed by atoms with Crippen LogP contribution in [0.4, 0.5) is 11.5 Å². The molecule has 28 heavy (non-hydrogen) atoms. The summed E-state index contributed by atoms with van der Waals surface area (Å²) < 4.78 is 0. The maximum Gasteiger partial charge on any atom is 0.226 e. The molecule has 1 unspecified atom stereocenters. The number of anilines is 2. The lowest BCUT2D eigenvalue weighted by Crippen LogP contribution is -2.44. The van der Waals surface area contributed by atoms with Gasteiger partial charge in [-0.2, -0.15) is 0 Å². The number of hydrogen-bond donors (Lipinski definition) is 2. The summed E-state index contributed by atoms with van der Waals surface area (Å²) in [6.45, 7) is 6.17. The molecule has 0 saturated carbocycles. The van der Waals surface area contributed by atoms with Gasteiger partial charge in [0.2, 0.25) is 5.91 Å². The number of para-hydroxylation sites is 1. The molecule has 6 nitrogen and oxygen atoms in total. The highest BCUT2D eigenvalue weighted by molar-refractivity contribution is 5.91. The number of nitrogens with zero attached hydrogens (tertiary/aromatic N) is 3. The summed E-state index contributed by atoms with van der Waals surface area (Å²) in [5.74, 6) is 0.727. The van der Waals surface area contributed by atoms with E-state index in [1.807, 2.05) is 30.5 Å². The smallest absolute Gasteiger partial charge is 0.226 e. The highest BCUT2D eigenvalue weighted by atomic mass is 16.1. The van der Waals surface area contributed by atoms with E-state index in [9.17, 15) is 4.79 Å². The van der Waals surface area contributed by atoms with E-state index in [-0.39, 0.29) is 11.8 Å². The van der Waals surface area contributed by atoms with Crippen molar-refractivity contribution < 1.29 is 4.79 Å². The molecule has 0 spiro atoms. The van der Waals surface area contributed by atoms with E-state index in [0.717, 1.165) is 37.4 Å². The van der Waals surface area contributed by atoms with Crippen LogP contribution in [0.3, 0.4) is 0 Å². The molecule has 1 atom stereocenters. The number of hydrogen-bond acceptors (Lipinski definition) is 4. The molecule has 0 bridgehead atoms. The summed E-state index contributed by atoms with van der Waals surface area (Å²) >= 11 is 0. The van der Waals surface area contributed by atoms with Crippen LogP contribution in [-0.2, 0) is 4.79 Å². The number of benzene rings is 1. The number of fused-ring (bicyclic) bond motifs is 1. The minimum Gasteiger partial charge on any atom is -0.369 e. The van der Waals surface area contributed by atoms with E-state index in [1.54, 1.807) is 6.20 Å². The molecule has 146 valence electrons. The van der Waals surface area contributed by atoms with Crippen LogP contribution >= 0.6 is 0 Å². The Morgan fingerprint density at radius 2 is 2.00 bits per heavy atom. The second-order valence-electron chi connectivity index (χ2n) is 7.63. The average molecular weight is 377 g/mol. The summed E-state index contributed by atoms with van der Waals surface area (Å²) in [5.41, 5.74) is 3.39. The van der Waals surface area contributed by atoms with Gasteiger partial charge in [0.15, 0.2) is 0 Å². The third-order valence-corrected chi connectivity index (χ3v) is 5.52. The van der Waals surface area contributed by atoms with Crippen LogP contribution in [0.25, 0.3) is 10.9 Å². The number of amides is 1. The Morgan fingerprint density at radius 3 is 2.82 bits per heavy atom. The first-order chi connectivity index (χ1) is 13.6. The Balaban J connectivity index is 1.40. The topological polar surface area (TPSA) is 64.3 Å². The number of carbonyl (C=O) groups excluding carboxylic acids is 1. The van der Waals surface area contributed by atoms with Crippen LogP contribution in [0.5, 0.6) is 0 Å². The molecule has 3 aromatic rings. The number of nitrogens with one attached hydrogen (secondary N) is 2. The van der Waals surface area contributed by atoms with Crippen molar-refractivity contribution in [3.63, 3.8) is 0 Å². The van der Waals surface area contributed by atoms with Gasteiger partial charge in [0.05, 0.1) is 0 Å². The largest absolute Gasteiger partial charge is 0.369 e. The summed E-state index contributed by atoms with van der Waals surface area (Å²) in [5, 5.41) is 4.15. The molecule has 1 aromatic carbocycles. The van der Waals surface area contributed by atoms with Gasteiger partial charge in [0.1, 0.15) is 5.82 Å². The number of likely N-dealkylation sites (N-methyl/N-ethyl adjacent to an activating group) is 1. The van der Waals surface area contributed by atoms with Gasteiger partial charge in [0, 0.05) is 67.7 Å². The van der Waals surface area contributed by atoms with Crippen molar-refractivity contribution in [3.05, 3.63) is 54.4 Å². The highest BCUT2D eigenvalue weighted by Gasteiger charge is 2.17. The van der Waals surface area contributed by atoms with E-state index < -0.39 is 0 Å². The van der Waals surface area contributed by atoms with E-state index in [1.165, 1.54) is 10.9 Å². The SMILES string of the molecule is CC(CC(=O)Nc1cc(N2CCN(C)CC2)ccn1)c1c[nH]c2ccccc12. The van der Waals surface area contributed by atoms with E-state index in [4.69, 9.17) is 0 Å². The maximum absolute atomic E-state index is 12.6. The molecule has 4 rings (SSSR count). The standard InChI is InChI=1S/C22H27N5O/c1-16(19-15-24-20-6-4-3-5-18(19)20)13-22(28)25-21-14-17(7-8-23-21)27-11-9-26(2)10-12-27/h3-8,14-16,24H,9-13H2,1-2H3,(H,23,25,28). The first-order valence-electron chi connectivity index (χ1n) is 9.85. The Kier molecular flexibility index (Phi) is 5.30. The second-order valence-corrected chi connectivity index (χ2v) is 7.63. The lowest BCUT2D eigenvalue weighted by molar-refractivity contribution is -0.116. The Morgan fingerprint density at radius 1 is 1.21 bits per heavy atom. The quantitative estimate of drug-likeness (QED) is 0.715. The Hall–Kier alpha value is -2.86. The third-order valence-electron chi connectivity index (χ3n) is 5.52. The molecule has 1 amide bonds. The highest BCUT2D eigenvalue weighted by Crippen LogP contribution is 2.28. The summed E-state index contributed by atoms with van der Waals surface area (Å²) in [7, 11) is 2.14. The lowest BCUT2D eigenvalue weighted by atomic mass is 9.97. The van der Waals surface area contributed by atoms with Crippen molar-refractivity contribution >= 4 is 28.3 Å². The molecule has 1 fully saturated rings. The van der Waals surface area contributed by atoms with Crippen molar-refractivity contribution in [3.8, 4) is 0 Å². The molecule has 0 radical (unpaired) electrons. The van der Waals surface area contributed by atoms with Crippen molar-refractivity contribution in [2.45, 2.75) is 19.3 Å². The molecule has 1 aliphatic heterocycles. The monoisotopic (exact) mass is 377 g/mol. The number of rotatable bonds is 5. The molecule has 6 heteroatoms. The van der Waals surface area contributed by atoms with Crippen LogP contribution in [0.1, 0.15) is 24.8 Å². The maximum atomic E-state index is 12.6. The van der Waals surface area contributed by atoms with Crippen LogP contribution in [0.2, 0.25) is 0 Å². The molecule has 1 aliphatic rings. The second kappa shape index (κ2) is 8.02. The molecule has 2 aromatic heterocycles. The Labute approximate surface area is 165 Å². The molecule has 3 heterocycles. The van der Waals surface area contributed by atoms with Crippen LogP contribution in [0, 0.1) is 0 Å². The molecular formula is C22H27N5O. The van der Waals surface area contributed by atoms with Gasteiger partial charge in [-0.05, 0) is 30.7 Å². The Bertz CT molecular complexity index is 958. The fourth-order valence-electron chi connectivity index (χ4n) is 3.83. The zero-order chi connectivity index (χ0) is 19.5. The summed E-state index contributed by atoms with van der Waals surface area (Å²) in [6.07, 6.45) is 4.20. The van der Waals surface area contributed by atoms with E-state index >= 15 is 0 Å². The molecule has 2 N–H and O–H groups in total. The number of piperazine rings is 1. The van der Waals surface area contributed by atoms with Gasteiger partial charge in [-0.15, -0.1) is 0 Å². The van der Waals surface area contributed by atoms with Gasteiger partial charge in [-0.3, -0.25) is 4.79 Å². The van der Waals surface area contributed by atoms with Gasteiger partial charge < -0.3 is 20.1 Å². The van der Waals surface area contributed by atoms with E-state index in [0.29, 0.717) is 12.2 Å². The van der Waals surface area contributed by atoms with Gasteiger partial charge >= 0.3 is 0 Å². The fourth-order valence-corrected chi connectivity index (χ4v) is 3.83. The van der Waals surface area contributed by atoms with Crippen molar-refractivity contribution in [2.75, 3.05) is 43.4 Å². The van der Waals surface area contributed by atoms with Gasteiger partial charge in [-0.1, -0.05) is 25.1 Å². The van der Waals surface area contributed by atoms with Crippen molar-refractivity contribution in [1.82, 2.24) is 14.9 Å². The third kappa shape index (κ3) is 4.02. The fraction of sp³-hybridized carbons (Fsp3) is 0.364. The van der Waals surface area contributed by atoms with Crippen LogP contribution < -0.4 is 10.2 Å². The van der Waals surface area contributed by atoms with E-state index in [2.05, 4.69) is 51.2 Å². The number of aromatic nitrogens is 2. The van der Waals surface area contributed by atoms with Crippen molar-refractivity contribution in [2.24, 2.45) is 0 Å². The minimum atomic E-state index is -0.0131. The number of pyridine rings is 1. The molecule has 0 aliphatic carbocycles. The van der Waals surface area contributed by atoms with Gasteiger partial charge in [-0.25, -0.2) is 4.98 Å². The number of carbonyl (C=O) groups is 1. The zero-order valence-electron chi connectivity index (χ0n) is 16.5. The summed E-state index contributed by atoms with van der Waals surface area (Å²) in [6, 6.07) is 12.2. The summed E-state index contributed by atoms with van der Waals surface area (Å²) in [4.78, 5) is 24.9. The molecule has 1 saturated heterocycles. The molecular weight excluding hydrogens is 350 g/mol. The first-order valence-corrected chi connectivity index (χ1v) is 9.85. The lowest BCUT2D eigenvalue weighted by Gasteiger charge is -2.34. The first kappa shape index (κ1) is 18.5. The van der Waals surface area contributed by atoms with Crippen LogP contribution in [-0.4, -0.2) is 54.0 Å². The number of H-pyrrole nitrogens is 1. The van der Waals surface area contributed by atoms with Gasteiger partial charge in [0.25, 0.3) is 0 Å². The normalized spacial score (nSPS) is 16.3. The zero-order valence-corrected chi connectivity index (χ0v) is 16.5. The minimum absolute atomic E-state index is 0.0131.